The maximum atomic E-state index is 10.1. The minimum absolute atomic E-state index is 0.120. The van der Waals surface area contributed by atoms with Crippen LogP contribution >= 0.6 is 0 Å². The highest BCUT2D eigenvalue weighted by Crippen LogP contribution is 2.33. The van der Waals surface area contributed by atoms with Gasteiger partial charge in [-0.15, -0.1) is 0 Å². The number of hydrogen-bond acceptors (Lipinski definition) is 5. The maximum Gasteiger partial charge on any atom is 0.230 e. The number of methoxy groups -OCH3 is 1. The summed E-state index contributed by atoms with van der Waals surface area (Å²) in [6.07, 6.45) is 0. The summed E-state index contributed by atoms with van der Waals surface area (Å²) in [6.45, 7) is 0. The van der Waals surface area contributed by atoms with E-state index in [1.54, 1.807) is 31.4 Å². The number of rotatable bonds is 4. The van der Waals surface area contributed by atoms with Crippen molar-refractivity contribution in [1.82, 2.24) is 9.97 Å². The first-order chi connectivity index (χ1) is 12.7. The van der Waals surface area contributed by atoms with Crippen molar-refractivity contribution in [2.75, 3.05) is 7.11 Å². The first kappa shape index (κ1) is 15.9. The van der Waals surface area contributed by atoms with Crippen molar-refractivity contribution in [1.29, 1.82) is 0 Å². The lowest BCUT2D eigenvalue weighted by Gasteiger charge is -2.11. The van der Waals surface area contributed by atoms with Gasteiger partial charge in [0, 0.05) is 6.07 Å². The monoisotopic (exact) mass is 344 g/mol. The Bertz CT molecular complexity index is 1080. The molecule has 4 aromatic rings. The van der Waals surface area contributed by atoms with Crippen LogP contribution in [0.2, 0.25) is 0 Å². The van der Waals surface area contributed by atoms with Crippen molar-refractivity contribution in [2.45, 2.75) is 0 Å². The lowest BCUT2D eigenvalue weighted by molar-refractivity contribution is 0.408. The molecule has 0 bridgehead atoms. The smallest absolute Gasteiger partial charge is 0.230 e. The Morgan fingerprint density at radius 3 is 2.42 bits per heavy atom. The van der Waals surface area contributed by atoms with Gasteiger partial charge >= 0.3 is 0 Å². The summed E-state index contributed by atoms with van der Waals surface area (Å²) in [7, 11) is 1.61. The number of aromatic hydroxyl groups is 1. The van der Waals surface area contributed by atoms with Crippen LogP contribution in [0.1, 0.15) is 0 Å². The third-order valence-electron chi connectivity index (χ3n) is 3.97. The van der Waals surface area contributed by atoms with Crippen molar-refractivity contribution < 1.29 is 14.6 Å². The van der Waals surface area contributed by atoms with Gasteiger partial charge in [0.05, 0.1) is 23.6 Å². The molecule has 0 atom stereocenters. The van der Waals surface area contributed by atoms with Crippen molar-refractivity contribution in [2.24, 2.45) is 0 Å². The predicted molar refractivity (Wildman–Crippen MR) is 99.7 cm³/mol. The van der Waals surface area contributed by atoms with Crippen molar-refractivity contribution in [3.8, 4) is 34.5 Å². The van der Waals surface area contributed by atoms with Crippen LogP contribution in [0.15, 0.2) is 72.8 Å². The number of aromatic nitrogens is 2. The SMILES string of the molecule is COc1cccc(Oc2nc(-c3ccccc3O)nc3ccccc23)c1. The number of hydrogen-bond donors (Lipinski definition) is 1. The van der Waals surface area contributed by atoms with E-state index in [2.05, 4.69) is 9.97 Å². The minimum Gasteiger partial charge on any atom is -0.507 e. The second-order valence-corrected chi connectivity index (χ2v) is 5.67. The second-order valence-electron chi connectivity index (χ2n) is 5.67. The van der Waals surface area contributed by atoms with Crippen LogP contribution in [0.4, 0.5) is 0 Å². The Kier molecular flexibility index (Phi) is 4.11. The molecule has 0 aliphatic rings. The lowest BCUT2D eigenvalue weighted by atomic mass is 10.1. The van der Waals surface area contributed by atoms with Crippen molar-refractivity contribution >= 4 is 10.9 Å². The normalized spacial score (nSPS) is 10.7. The van der Waals surface area contributed by atoms with Gasteiger partial charge in [0.2, 0.25) is 5.88 Å². The second kappa shape index (κ2) is 6.72. The predicted octanol–water partition coefficient (Wildman–Crippen LogP) is 4.80. The quantitative estimate of drug-likeness (QED) is 0.576. The van der Waals surface area contributed by atoms with Gasteiger partial charge < -0.3 is 14.6 Å². The molecule has 0 radical (unpaired) electrons. The highest BCUT2D eigenvalue weighted by atomic mass is 16.5. The molecule has 1 N–H and O–H groups in total. The fourth-order valence-electron chi connectivity index (χ4n) is 2.68. The maximum absolute atomic E-state index is 10.1. The fraction of sp³-hybridized carbons (Fsp3) is 0.0476. The Hall–Kier alpha value is -3.60. The molecule has 1 heterocycles. The summed E-state index contributed by atoms with van der Waals surface area (Å²) in [4.78, 5) is 9.12. The molecule has 128 valence electrons. The van der Waals surface area contributed by atoms with E-state index in [0.29, 0.717) is 28.8 Å². The van der Waals surface area contributed by atoms with E-state index in [1.807, 2.05) is 48.5 Å². The Morgan fingerprint density at radius 2 is 1.58 bits per heavy atom. The van der Waals surface area contributed by atoms with Crippen LogP contribution < -0.4 is 9.47 Å². The molecule has 0 aliphatic carbocycles. The summed E-state index contributed by atoms with van der Waals surface area (Å²) in [5.41, 5.74) is 1.28. The Labute approximate surface area is 150 Å². The van der Waals surface area contributed by atoms with E-state index in [9.17, 15) is 5.11 Å². The van der Waals surface area contributed by atoms with E-state index >= 15 is 0 Å². The number of benzene rings is 3. The van der Waals surface area contributed by atoms with Gasteiger partial charge in [-0.25, -0.2) is 4.98 Å². The number of phenolic OH excluding ortho intramolecular Hbond substituents is 1. The summed E-state index contributed by atoms with van der Waals surface area (Å²) < 4.78 is 11.3. The fourth-order valence-corrected chi connectivity index (χ4v) is 2.68. The van der Waals surface area contributed by atoms with Crippen molar-refractivity contribution in [3.05, 3.63) is 72.8 Å². The molecule has 26 heavy (non-hydrogen) atoms. The van der Waals surface area contributed by atoms with Gasteiger partial charge in [0.15, 0.2) is 5.82 Å². The Morgan fingerprint density at radius 1 is 0.808 bits per heavy atom. The number of nitrogens with zero attached hydrogens (tertiary/aromatic N) is 2. The molecule has 5 nitrogen and oxygen atoms in total. The standard InChI is InChI=1S/C21H16N2O3/c1-25-14-7-6-8-15(13-14)26-21-16-9-2-4-11-18(16)22-20(23-21)17-10-3-5-12-19(17)24/h2-13,24H,1H3. The van der Waals surface area contributed by atoms with E-state index in [-0.39, 0.29) is 5.75 Å². The average molecular weight is 344 g/mol. The van der Waals surface area contributed by atoms with Crippen LogP contribution in [0.5, 0.6) is 23.1 Å². The third-order valence-corrected chi connectivity index (χ3v) is 3.97. The van der Waals surface area contributed by atoms with Gasteiger partial charge in [-0.3, -0.25) is 0 Å². The molecule has 0 spiro atoms. The van der Waals surface area contributed by atoms with Crippen LogP contribution in [0, 0.1) is 0 Å². The number of para-hydroxylation sites is 2. The van der Waals surface area contributed by atoms with Crippen molar-refractivity contribution in [3.63, 3.8) is 0 Å². The first-order valence-corrected chi connectivity index (χ1v) is 8.11. The molecule has 0 amide bonds. The van der Waals surface area contributed by atoms with Crippen LogP contribution in [0.3, 0.4) is 0 Å². The lowest BCUT2D eigenvalue weighted by Crippen LogP contribution is -1.96. The average Bonchev–Trinajstić information content (AvgIpc) is 2.68. The molecule has 5 heteroatoms. The van der Waals surface area contributed by atoms with E-state index in [4.69, 9.17) is 9.47 Å². The minimum atomic E-state index is 0.120. The molecule has 4 rings (SSSR count). The number of phenols is 1. The summed E-state index contributed by atoms with van der Waals surface area (Å²) in [6, 6.07) is 21.9. The van der Waals surface area contributed by atoms with E-state index < -0.39 is 0 Å². The highest BCUT2D eigenvalue weighted by Gasteiger charge is 2.13. The van der Waals surface area contributed by atoms with Crippen LogP contribution in [0.25, 0.3) is 22.3 Å². The van der Waals surface area contributed by atoms with Gasteiger partial charge in [-0.1, -0.05) is 30.3 Å². The third kappa shape index (κ3) is 3.02. The Balaban J connectivity index is 1.86. The number of fused-ring (bicyclic) bond motifs is 1. The van der Waals surface area contributed by atoms with Crippen LogP contribution in [-0.2, 0) is 0 Å². The highest BCUT2D eigenvalue weighted by molar-refractivity contribution is 5.85. The molecule has 0 unspecified atom stereocenters. The zero-order valence-corrected chi connectivity index (χ0v) is 14.1. The van der Waals surface area contributed by atoms with Gasteiger partial charge in [0.25, 0.3) is 0 Å². The first-order valence-electron chi connectivity index (χ1n) is 8.11. The van der Waals surface area contributed by atoms with E-state index in [0.717, 1.165) is 10.9 Å². The zero-order chi connectivity index (χ0) is 17.9. The summed E-state index contributed by atoms with van der Waals surface area (Å²) >= 11 is 0. The number of ether oxygens (including phenoxy) is 2. The summed E-state index contributed by atoms with van der Waals surface area (Å²) in [5, 5.41) is 10.9. The molecular weight excluding hydrogens is 328 g/mol. The van der Waals surface area contributed by atoms with Gasteiger partial charge in [0.1, 0.15) is 17.2 Å². The molecule has 0 aliphatic heterocycles. The van der Waals surface area contributed by atoms with Gasteiger partial charge in [-0.05, 0) is 36.4 Å². The molecule has 1 aromatic heterocycles. The molecule has 0 saturated heterocycles. The van der Waals surface area contributed by atoms with E-state index in [1.165, 1.54) is 0 Å². The molecule has 3 aromatic carbocycles. The van der Waals surface area contributed by atoms with Gasteiger partial charge in [-0.2, -0.15) is 4.98 Å². The summed E-state index contributed by atoms with van der Waals surface area (Å²) in [5.74, 6) is 2.25. The van der Waals surface area contributed by atoms with Crippen LogP contribution in [-0.4, -0.2) is 22.2 Å². The zero-order valence-electron chi connectivity index (χ0n) is 14.1. The molecule has 0 saturated carbocycles. The topological polar surface area (TPSA) is 64.5 Å². The molecule has 0 fully saturated rings. The largest absolute Gasteiger partial charge is 0.507 e. The molecular formula is C21H16N2O3.